The van der Waals surface area contributed by atoms with E-state index in [9.17, 15) is 0 Å². The maximum absolute atomic E-state index is 5.92. The Hall–Kier alpha value is -2.53. The van der Waals surface area contributed by atoms with Crippen molar-refractivity contribution >= 4 is 21.7 Å². The maximum Gasteiger partial charge on any atom is 0.173 e. The lowest BCUT2D eigenvalue weighted by Gasteiger charge is -2.09. The summed E-state index contributed by atoms with van der Waals surface area (Å²) in [5.41, 5.74) is 2.13. The molecule has 0 aliphatic heterocycles. The number of aromatic nitrogens is 1. The Bertz CT molecular complexity index is 804. The first-order valence-electron chi connectivity index (χ1n) is 7.55. The summed E-state index contributed by atoms with van der Waals surface area (Å²) < 4.78 is 6.84. The lowest BCUT2D eigenvalue weighted by molar-refractivity contribution is 0.303. The Balaban J connectivity index is 1.64. The van der Waals surface area contributed by atoms with Crippen molar-refractivity contribution < 1.29 is 4.74 Å². The third-order valence-electron chi connectivity index (χ3n) is 3.34. The molecule has 3 rings (SSSR count). The molecule has 1 aromatic heterocycles. The molecule has 2 aromatic carbocycles. The minimum Gasteiger partial charge on any atom is -0.489 e. The van der Waals surface area contributed by atoms with Crippen molar-refractivity contribution in [2.45, 2.75) is 13.2 Å². The standard InChI is InChI=1S/C19H16BrN3O/c20-17-10-11-19(21-13-17)23-22-12-16-8-4-5-9-18(16)24-14-15-6-2-1-3-7-15/h1-11,13H,12,14H2. The van der Waals surface area contributed by atoms with Crippen LogP contribution in [0, 0.1) is 0 Å². The first-order valence-corrected chi connectivity index (χ1v) is 8.34. The average Bonchev–Trinajstić information content (AvgIpc) is 2.63. The van der Waals surface area contributed by atoms with Crippen LogP contribution in [0.3, 0.4) is 0 Å². The Morgan fingerprint density at radius 1 is 0.917 bits per heavy atom. The molecule has 0 N–H and O–H groups in total. The number of para-hydroxylation sites is 1. The second kappa shape index (κ2) is 8.36. The molecule has 0 aliphatic rings. The fourth-order valence-corrected chi connectivity index (χ4v) is 2.36. The van der Waals surface area contributed by atoms with Gasteiger partial charge < -0.3 is 4.74 Å². The summed E-state index contributed by atoms with van der Waals surface area (Å²) in [6, 6.07) is 21.7. The van der Waals surface area contributed by atoms with E-state index in [0.29, 0.717) is 19.0 Å². The predicted octanol–water partition coefficient (Wildman–Crippen LogP) is 5.71. The van der Waals surface area contributed by atoms with Gasteiger partial charge in [0.25, 0.3) is 0 Å². The zero-order chi connectivity index (χ0) is 16.6. The molecule has 0 radical (unpaired) electrons. The minimum atomic E-state index is 0.447. The van der Waals surface area contributed by atoms with E-state index in [1.807, 2.05) is 66.7 Å². The molecule has 120 valence electrons. The molecule has 0 bridgehead atoms. The van der Waals surface area contributed by atoms with Gasteiger partial charge in [-0.25, -0.2) is 4.98 Å². The summed E-state index contributed by atoms with van der Waals surface area (Å²) in [5.74, 6) is 1.41. The Morgan fingerprint density at radius 3 is 2.50 bits per heavy atom. The maximum atomic E-state index is 5.92. The zero-order valence-electron chi connectivity index (χ0n) is 13.0. The van der Waals surface area contributed by atoms with Crippen molar-refractivity contribution in [3.05, 3.63) is 88.5 Å². The van der Waals surface area contributed by atoms with E-state index in [1.54, 1.807) is 6.20 Å². The first kappa shape index (κ1) is 16.3. The fraction of sp³-hybridized carbons (Fsp3) is 0.105. The summed E-state index contributed by atoms with van der Waals surface area (Å²) >= 11 is 3.35. The Morgan fingerprint density at radius 2 is 1.71 bits per heavy atom. The SMILES string of the molecule is Brc1ccc(N=NCc2ccccc2OCc2ccccc2)nc1. The molecule has 0 amide bonds. The highest BCUT2D eigenvalue weighted by Gasteiger charge is 2.03. The van der Waals surface area contributed by atoms with Crippen molar-refractivity contribution in [2.75, 3.05) is 0 Å². The molecule has 0 atom stereocenters. The summed E-state index contributed by atoms with van der Waals surface area (Å²) in [6.45, 7) is 0.978. The van der Waals surface area contributed by atoms with Crippen molar-refractivity contribution in [1.29, 1.82) is 0 Å². The minimum absolute atomic E-state index is 0.447. The molecule has 0 saturated heterocycles. The lowest BCUT2D eigenvalue weighted by Crippen LogP contribution is -1.97. The third kappa shape index (κ3) is 4.73. The van der Waals surface area contributed by atoms with E-state index >= 15 is 0 Å². The van der Waals surface area contributed by atoms with Gasteiger partial charge in [-0.15, -0.1) is 5.11 Å². The molecular formula is C19H16BrN3O. The first-order chi connectivity index (χ1) is 11.8. The van der Waals surface area contributed by atoms with Gasteiger partial charge in [0.05, 0.1) is 6.54 Å². The average molecular weight is 382 g/mol. The van der Waals surface area contributed by atoms with E-state index in [4.69, 9.17) is 4.74 Å². The lowest BCUT2D eigenvalue weighted by atomic mass is 10.2. The Labute approximate surface area is 149 Å². The fourth-order valence-electron chi connectivity index (χ4n) is 2.12. The summed E-state index contributed by atoms with van der Waals surface area (Å²) in [4.78, 5) is 4.17. The topological polar surface area (TPSA) is 46.8 Å². The molecule has 0 saturated carbocycles. The predicted molar refractivity (Wildman–Crippen MR) is 97.4 cm³/mol. The van der Waals surface area contributed by atoms with Gasteiger partial charge in [0, 0.05) is 16.2 Å². The third-order valence-corrected chi connectivity index (χ3v) is 3.80. The van der Waals surface area contributed by atoms with Crippen LogP contribution >= 0.6 is 15.9 Å². The summed E-state index contributed by atoms with van der Waals surface area (Å²) in [7, 11) is 0. The van der Waals surface area contributed by atoms with Crippen LogP contribution in [-0.2, 0) is 13.2 Å². The highest BCUT2D eigenvalue weighted by Crippen LogP contribution is 2.21. The van der Waals surface area contributed by atoms with Crippen LogP contribution in [0.5, 0.6) is 5.75 Å². The smallest absolute Gasteiger partial charge is 0.173 e. The van der Waals surface area contributed by atoms with Crippen LogP contribution < -0.4 is 4.74 Å². The van der Waals surface area contributed by atoms with E-state index in [0.717, 1.165) is 21.3 Å². The van der Waals surface area contributed by atoms with Gasteiger partial charge in [0.2, 0.25) is 0 Å². The van der Waals surface area contributed by atoms with Gasteiger partial charge in [-0.05, 0) is 39.7 Å². The van der Waals surface area contributed by atoms with Gasteiger partial charge in [-0.2, -0.15) is 5.11 Å². The summed E-state index contributed by atoms with van der Waals surface area (Å²) in [6.07, 6.45) is 1.70. The van der Waals surface area contributed by atoms with Crippen LogP contribution in [0.1, 0.15) is 11.1 Å². The van der Waals surface area contributed by atoms with Gasteiger partial charge in [0.15, 0.2) is 5.82 Å². The molecule has 0 fully saturated rings. The number of ether oxygens (including phenoxy) is 1. The van der Waals surface area contributed by atoms with Crippen LogP contribution in [0.25, 0.3) is 0 Å². The van der Waals surface area contributed by atoms with Gasteiger partial charge in [-0.1, -0.05) is 48.5 Å². The molecule has 3 aromatic rings. The van der Waals surface area contributed by atoms with Crippen LogP contribution in [-0.4, -0.2) is 4.98 Å². The molecule has 1 heterocycles. The van der Waals surface area contributed by atoms with E-state index in [1.165, 1.54) is 0 Å². The molecule has 24 heavy (non-hydrogen) atoms. The normalized spacial score (nSPS) is 10.9. The summed E-state index contributed by atoms with van der Waals surface area (Å²) in [5, 5.41) is 8.36. The van der Waals surface area contributed by atoms with Gasteiger partial charge in [0.1, 0.15) is 12.4 Å². The number of azo groups is 1. The monoisotopic (exact) mass is 381 g/mol. The number of rotatable bonds is 6. The molecular weight excluding hydrogens is 366 g/mol. The van der Waals surface area contributed by atoms with Gasteiger partial charge in [-0.3, -0.25) is 0 Å². The van der Waals surface area contributed by atoms with E-state index < -0.39 is 0 Å². The number of hydrogen-bond acceptors (Lipinski definition) is 4. The van der Waals surface area contributed by atoms with Crippen LogP contribution in [0.2, 0.25) is 0 Å². The van der Waals surface area contributed by atoms with Crippen molar-refractivity contribution in [2.24, 2.45) is 10.2 Å². The Kier molecular flexibility index (Phi) is 5.69. The molecule has 0 aliphatic carbocycles. The quantitative estimate of drug-likeness (QED) is 0.513. The van der Waals surface area contributed by atoms with Crippen LogP contribution in [0.4, 0.5) is 5.82 Å². The van der Waals surface area contributed by atoms with Crippen molar-refractivity contribution in [3.63, 3.8) is 0 Å². The second-order valence-corrected chi connectivity index (χ2v) is 6.03. The molecule has 4 nitrogen and oxygen atoms in total. The molecule has 0 spiro atoms. The number of pyridine rings is 1. The zero-order valence-corrected chi connectivity index (χ0v) is 14.6. The largest absolute Gasteiger partial charge is 0.489 e. The van der Waals surface area contributed by atoms with Gasteiger partial charge >= 0.3 is 0 Å². The van der Waals surface area contributed by atoms with E-state index in [2.05, 4.69) is 31.1 Å². The number of benzene rings is 2. The van der Waals surface area contributed by atoms with E-state index in [-0.39, 0.29) is 0 Å². The van der Waals surface area contributed by atoms with Crippen molar-refractivity contribution in [3.8, 4) is 5.75 Å². The number of nitrogens with zero attached hydrogens (tertiary/aromatic N) is 3. The van der Waals surface area contributed by atoms with Crippen molar-refractivity contribution in [1.82, 2.24) is 4.98 Å². The number of halogens is 1. The molecule has 0 unspecified atom stereocenters. The second-order valence-electron chi connectivity index (χ2n) is 5.12. The highest BCUT2D eigenvalue weighted by molar-refractivity contribution is 9.10. The molecule has 5 heteroatoms. The highest BCUT2D eigenvalue weighted by atomic mass is 79.9. The van der Waals surface area contributed by atoms with Crippen LogP contribution in [0.15, 0.2) is 87.6 Å². The number of hydrogen-bond donors (Lipinski definition) is 0.